The highest BCUT2D eigenvalue weighted by Crippen LogP contribution is 2.25. The van der Waals surface area contributed by atoms with E-state index in [1.54, 1.807) is 0 Å². The Labute approximate surface area is 154 Å². The van der Waals surface area contributed by atoms with Gasteiger partial charge in [0, 0.05) is 30.5 Å². The van der Waals surface area contributed by atoms with Crippen LogP contribution in [0.3, 0.4) is 0 Å². The fourth-order valence-corrected chi connectivity index (χ4v) is 3.51. The molecular formula is C22H24N4. The Morgan fingerprint density at radius 1 is 1.00 bits per heavy atom. The van der Waals surface area contributed by atoms with Gasteiger partial charge in [0.1, 0.15) is 5.82 Å². The number of aryl methyl sites for hydroxylation is 2. The first-order valence-corrected chi connectivity index (χ1v) is 9.25. The van der Waals surface area contributed by atoms with Crippen LogP contribution >= 0.6 is 0 Å². The summed E-state index contributed by atoms with van der Waals surface area (Å²) in [6.07, 6.45) is 2.03. The molecule has 1 N–H and O–H groups in total. The summed E-state index contributed by atoms with van der Waals surface area (Å²) < 4.78 is 0. The zero-order valence-corrected chi connectivity index (χ0v) is 15.4. The summed E-state index contributed by atoms with van der Waals surface area (Å²) >= 11 is 0. The van der Waals surface area contributed by atoms with Gasteiger partial charge in [-0.1, -0.05) is 49.4 Å². The molecule has 1 aliphatic rings. The fraction of sp³-hybridized carbons (Fsp3) is 0.273. The Balaban J connectivity index is 1.61. The molecule has 0 saturated heterocycles. The summed E-state index contributed by atoms with van der Waals surface area (Å²) in [6.45, 7) is 6.01. The molecule has 26 heavy (non-hydrogen) atoms. The highest BCUT2D eigenvalue weighted by Gasteiger charge is 2.19. The number of para-hydroxylation sites is 1. The molecular weight excluding hydrogens is 320 g/mol. The monoisotopic (exact) mass is 344 g/mol. The van der Waals surface area contributed by atoms with Crippen molar-refractivity contribution in [2.24, 2.45) is 0 Å². The van der Waals surface area contributed by atoms with Crippen LogP contribution in [0, 0.1) is 6.92 Å². The Morgan fingerprint density at radius 3 is 2.62 bits per heavy atom. The van der Waals surface area contributed by atoms with E-state index in [9.17, 15) is 0 Å². The van der Waals surface area contributed by atoms with Gasteiger partial charge in [-0.3, -0.25) is 0 Å². The van der Waals surface area contributed by atoms with E-state index in [0.29, 0.717) is 0 Å². The van der Waals surface area contributed by atoms with Crippen molar-refractivity contribution >= 4 is 17.5 Å². The highest BCUT2D eigenvalue weighted by molar-refractivity contribution is 5.61. The number of fused-ring (bicyclic) bond motifs is 1. The zero-order valence-electron chi connectivity index (χ0n) is 15.4. The minimum absolute atomic E-state index is 0.802. The molecule has 0 unspecified atom stereocenters. The second kappa shape index (κ2) is 7.16. The van der Waals surface area contributed by atoms with Crippen LogP contribution in [0.25, 0.3) is 0 Å². The molecule has 0 fully saturated rings. The summed E-state index contributed by atoms with van der Waals surface area (Å²) in [4.78, 5) is 11.8. The second-order valence-electron chi connectivity index (χ2n) is 6.77. The first kappa shape index (κ1) is 16.6. The van der Waals surface area contributed by atoms with Gasteiger partial charge in [-0.15, -0.1) is 0 Å². The molecule has 1 aromatic heterocycles. The maximum atomic E-state index is 4.80. The number of nitrogens with one attached hydrogen (secondary N) is 1. The fourth-order valence-electron chi connectivity index (χ4n) is 3.51. The molecule has 0 aliphatic carbocycles. The van der Waals surface area contributed by atoms with Gasteiger partial charge in [0.05, 0.1) is 0 Å². The van der Waals surface area contributed by atoms with Crippen molar-refractivity contribution in [2.75, 3.05) is 16.8 Å². The first-order valence-electron chi connectivity index (χ1n) is 9.25. The standard InChI is InChI=1S/C22H24N4/c1-3-17-8-6-7-11-20(17)24-21-14-16(2)23-22(25-21)26-13-12-18-9-4-5-10-19(18)15-26/h4-11,14H,3,12-13,15H2,1-2H3,(H,23,24,25). The quantitative estimate of drug-likeness (QED) is 0.748. The third kappa shape index (κ3) is 3.40. The van der Waals surface area contributed by atoms with Crippen molar-refractivity contribution in [2.45, 2.75) is 33.2 Å². The van der Waals surface area contributed by atoms with Crippen LogP contribution in [0.5, 0.6) is 0 Å². The molecule has 0 bridgehead atoms. The summed E-state index contributed by atoms with van der Waals surface area (Å²) in [6, 6.07) is 19.0. The topological polar surface area (TPSA) is 41.1 Å². The molecule has 2 aromatic carbocycles. The van der Waals surface area contributed by atoms with Crippen molar-refractivity contribution in [3.05, 3.63) is 77.0 Å². The smallest absolute Gasteiger partial charge is 0.227 e. The van der Waals surface area contributed by atoms with Gasteiger partial charge >= 0.3 is 0 Å². The minimum Gasteiger partial charge on any atom is -0.340 e. The number of rotatable bonds is 4. The molecule has 4 rings (SSSR count). The second-order valence-corrected chi connectivity index (χ2v) is 6.77. The molecule has 2 heterocycles. The predicted molar refractivity (Wildman–Crippen MR) is 107 cm³/mol. The van der Waals surface area contributed by atoms with Gasteiger partial charge in [0.15, 0.2) is 0 Å². The Bertz CT molecular complexity index is 920. The minimum atomic E-state index is 0.802. The lowest BCUT2D eigenvalue weighted by atomic mass is 10.0. The van der Waals surface area contributed by atoms with Gasteiger partial charge in [-0.25, -0.2) is 4.98 Å². The third-order valence-electron chi connectivity index (χ3n) is 4.92. The lowest BCUT2D eigenvalue weighted by Crippen LogP contribution is -2.32. The van der Waals surface area contributed by atoms with Gasteiger partial charge in [0.25, 0.3) is 0 Å². The molecule has 0 spiro atoms. The van der Waals surface area contributed by atoms with Gasteiger partial charge in [-0.2, -0.15) is 4.98 Å². The number of anilines is 3. The number of nitrogens with zero attached hydrogens (tertiary/aromatic N) is 3. The molecule has 4 heteroatoms. The summed E-state index contributed by atoms with van der Waals surface area (Å²) in [5.74, 6) is 1.66. The number of hydrogen-bond acceptors (Lipinski definition) is 4. The van der Waals surface area contributed by atoms with Crippen molar-refractivity contribution in [1.82, 2.24) is 9.97 Å². The van der Waals surface area contributed by atoms with Crippen molar-refractivity contribution in [1.29, 1.82) is 0 Å². The molecule has 1 aliphatic heterocycles. The normalized spacial score (nSPS) is 13.4. The molecule has 0 radical (unpaired) electrons. The van der Waals surface area contributed by atoms with Crippen LogP contribution in [-0.4, -0.2) is 16.5 Å². The summed E-state index contributed by atoms with van der Waals surface area (Å²) in [5, 5.41) is 3.49. The predicted octanol–water partition coefficient (Wildman–Crippen LogP) is 4.65. The maximum Gasteiger partial charge on any atom is 0.227 e. The number of aromatic nitrogens is 2. The van der Waals surface area contributed by atoms with Crippen LogP contribution in [0.2, 0.25) is 0 Å². The molecule has 3 aromatic rings. The molecule has 0 saturated carbocycles. The zero-order chi connectivity index (χ0) is 17.9. The molecule has 132 valence electrons. The maximum absolute atomic E-state index is 4.80. The lowest BCUT2D eigenvalue weighted by Gasteiger charge is -2.29. The van der Waals surface area contributed by atoms with E-state index in [4.69, 9.17) is 4.98 Å². The van der Waals surface area contributed by atoms with E-state index < -0.39 is 0 Å². The Kier molecular flexibility index (Phi) is 4.57. The van der Waals surface area contributed by atoms with E-state index >= 15 is 0 Å². The van der Waals surface area contributed by atoms with Gasteiger partial charge in [0.2, 0.25) is 5.95 Å². The van der Waals surface area contributed by atoms with E-state index in [1.807, 2.05) is 13.0 Å². The largest absolute Gasteiger partial charge is 0.340 e. The Hall–Kier alpha value is -2.88. The Morgan fingerprint density at radius 2 is 1.77 bits per heavy atom. The van der Waals surface area contributed by atoms with Crippen LogP contribution in [0.15, 0.2) is 54.6 Å². The molecule has 4 nitrogen and oxygen atoms in total. The van der Waals surface area contributed by atoms with E-state index in [1.165, 1.54) is 16.7 Å². The van der Waals surface area contributed by atoms with Gasteiger partial charge in [-0.05, 0) is 42.5 Å². The van der Waals surface area contributed by atoms with Crippen LogP contribution in [0.4, 0.5) is 17.5 Å². The third-order valence-corrected chi connectivity index (χ3v) is 4.92. The first-order chi connectivity index (χ1) is 12.7. The van der Waals surface area contributed by atoms with Gasteiger partial charge < -0.3 is 10.2 Å². The number of benzene rings is 2. The van der Waals surface area contributed by atoms with Crippen molar-refractivity contribution in [3.63, 3.8) is 0 Å². The summed E-state index contributed by atoms with van der Waals surface area (Å²) in [5.41, 5.74) is 6.19. The van der Waals surface area contributed by atoms with Crippen LogP contribution < -0.4 is 10.2 Å². The van der Waals surface area contributed by atoms with E-state index in [-0.39, 0.29) is 0 Å². The summed E-state index contributed by atoms with van der Waals surface area (Å²) in [7, 11) is 0. The van der Waals surface area contributed by atoms with Crippen molar-refractivity contribution in [3.8, 4) is 0 Å². The SMILES string of the molecule is CCc1ccccc1Nc1cc(C)nc(N2CCc3ccccc3C2)n1. The lowest BCUT2D eigenvalue weighted by molar-refractivity contribution is 0.706. The van der Waals surface area contributed by atoms with Crippen LogP contribution in [0.1, 0.15) is 29.3 Å². The van der Waals surface area contributed by atoms with Crippen LogP contribution in [-0.2, 0) is 19.4 Å². The average Bonchev–Trinajstić information content (AvgIpc) is 2.67. The van der Waals surface area contributed by atoms with Crippen molar-refractivity contribution < 1.29 is 0 Å². The van der Waals surface area contributed by atoms with E-state index in [0.717, 1.165) is 49.1 Å². The highest BCUT2D eigenvalue weighted by atomic mass is 15.3. The molecule has 0 atom stereocenters. The average molecular weight is 344 g/mol. The molecule has 0 amide bonds. The van der Waals surface area contributed by atoms with E-state index in [2.05, 4.69) is 70.7 Å². The number of hydrogen-bond donors (Lipinski definition) is 1.